The van der Waals surface area contributed by atoms with E-state index in [4.69, 9.17) is 4.74 Å². The predicted molar refractivity (Wildman–Crippen MR) is 166 cm³/mol. The van der Waals surface area contributed by atoms with Crippen LogP contribution in [0.15, 0.2) is 54.6 Å². The largest absolute Gasteiger partial charge is 0.497 e. The molecule has 0 unspecified atom stereocenters. The quantitative estimate of drug-likeness (QED) is 0.199. The van der Waals surface area contributed by atoms with Crippen LogP contribution in [-0.2, 0) is 36.9 Å². The Morgan fingerprint density at radius 2 is 1.61 bits per heavy atom. The standard InChI is InChI=1S/C33H46N4O7/c1-43-26-13-9-12-25(20-26)22-34-23-29(38)28(21-24-10-5-3-6-11-24)36-33(42)27(35-30(39)15-17-32(41)44-2)14-16-31(40)37-18-7-4-8-19-37/h3,5-6,9-13,20,27-29,34,38H,4,7-8,14-19,21-23H2,1-2H3,(H,35,39)(H,36,42)/t27-,28+,29-/m1/s1. The van der Waals surface area contributed by atoms with E-state index in [0.717, 1.165) is 36.1 Å². The summed E-state index contributed by atoms with van der Waals surface area (Å²) >= 11 is 0. The summed E-state index contributed by atoms with van der Waals surface area (Å²) in [5, 5.41) is 20.1. The van der Waals surface area contributed by atoms with Crippen molar-refractivity contribution in [2.45, 2.75) is 76.1 Å². The second-order valence-corrected chi connectivity index (χ2v) is 11.0. The molecule has 240 valence electrons. The van der Waals surface area contributed by atoms with Crippen LogP contribution < -0.4 is 20.7 Å². The number of amides is 3. The van der Waals surface area contributed by atoms with Gasteiger partial charge in [0.05, 0.1) is 32.8 Å². The molecule has 1 heterocycles. The van der Waals surface area contributed by atoms with Crippen LogP contribution in [0.5, 0.6) is 5.75 Å². The van der Waals surface area contributed by atoms with Crippen molar-refractivity contribution in [3.8, 4) is 5.75 Å². The van der Waals surface area contributed by atoms with Gasteiger partial charge in [0.2, 0.25) is 17.7 Å². The first-order valence-corrected chi connectivity index (χ1v) is 15.3. The molecule has 3 atom stereocenters. The molecule has 2 aromatic rings. The maximum Gasteiger partial charge on any atom is 0.306 e. The van der Waals surface area contributed by atoms with Crippen LogP contribution in [0.1, 0.15) is 56.1 Å². The second-order valence-electron chi connectivity index (χ2n) is 11.0. The summed E-state index contributed by atoms with van der Waals surface area (Å²) in [6.45, 7) is 2.06. The highest BCUT2D eigenvalue weighted by molar-refractivity contribution is 5.89. The van der Waals surface area contributed by atoms with Gasteiger partial charge in [-0.1, -0.05) is 42.5 Å². The predicted octanol–water partition coefficient (Wildman–Crippen LogP) is 2.10. The van der Waals surface area contributed by atoms with Crippen LogP contribution in [0, 0.1) is 0 Å². The van der Waals surface area contributed by atoms with Gasteiger partial charge in [0.25, 0.3) is 0 Å². The van der Waals surface area contributed by atoms with E-state index >= 15 is 0 Å². The lowest BCUT2D eigenvalue weighted by Gasteiger charge is -2.29. The summed E-state index contributed by atoms with van der Waals surface area (Å²) in [5.74, 6) is -0.864. The first-order chi connectivity index (χ1) is 21.3. The van der Waals surface area contributed by atoms with Gasteiger partial charge in [-0.05, 0) is 55.4 Å². The number of esters is 1. The van der Waals surface area contributed by atoms with Gasteiger partial charge in [-0.25, -0.2) is 0 Å². The molecule has 11 nitrogen and oxygen atoms in total. The Morgan fingerprint density at radius 1 is 0.886 bits per heavy atom. The molecule has 2 aromatic carbocycles. The van der Waals surface area contributed by atoms with Gasteiger partial charge >= 0.3 is 5.97 Å². The van der Waals surface area contributed by atoms with Crippen molar-refractivity contribution in [1.29, 1.82) is 0 Å². The van der Waals surface area contributed by atoms with E-state index in [0.29, 0.717) is 26.1 Å². The van der Waals surface area contributed by atoms with Crippen molar-refractivity contribution in [1.82, 2.24) is 20.9 Å². The van der Waals surface area contributed by atoms with Crippen molar-refractivity contribution in [2.24, 2.45) is 0 Å². The number of hydrogen-bond donors (Lipinski definition) is 4. The summed E-state index contributed by atoms with van der Waals surface area (Å²) in [4.78, 5) is 52.6. The Morgan fingerprint density at radius 3 is 2.32 bits per heavy atom. The van der Waals surface area contributed by atoms with Crippen LogP contribution in [0.3, 0.4) is 0 Å². The fourth-order valence-corrected chi connectivity index (χ4v) is 5.15. The normalized spacial score (nSPS) is 15.0. The minimum Gasteiger partial charge on any atom is -0.497 e. The van der Waals surface area contributed by atoms with E-state index in [1.165, 1.54) is 7.11 Å². The van der Waals surface area contributed by atoms with Crippen LogP contribution in [0.4, 0.5) is 0 Å². The lowest BCUT2D eigenvalue weighted by Crippen LogP contribution is -2.55. The number of aliphatic hydroxyl groups excluding tert-OH is 1. The average molecular weight is 611 g/mol. The lowest BCUT2D eigenvalue weighted by atomic mass is 9.99. The van der Waals surface area contributed by atoms with E-state index in [1.807, 2.05) is 54.6 Å². The Kier molecular flexibility index (Phi) is 14.6. The van der Waals surface area contributed by atoms with Crippen LogP contribution in [0.2, 0.25) is 0 Å². The van der Waals surface area contributed by atoms with Crippen LogP contribution in [0.25, 0.3) is 0 Å². The van der Waals surface area contributed by atoms with Crippen molar-refractivity contribution in [3.05, 3.63) is 65.7 Å². The average Bonchev–Trinajstić information content (AvgIpc) is 3.05. The zero-order valence-electron chi connectivity index (χ0n) is 25.8. The number of aliphatic hydroxyl groups is 1. The summed E-state index contributed by atoms with van der Waals surface area (Å²) in [5.41, 5.74) is 1.90. The first-order valence-electron chi connectivity index (χ1n) is 15.3. The monoisotopic (exact) mass is 610 g/mol. The Balaban J connectivity index is 1.69. The highest BCUT2D eigenvalue weighted by Gasteiger charge is 2.28. The van der Waals surface area contributed by atoms with Gasteiger partial charge < -0.3 is 35.4 Å². The number of rotatable bonds is 17. The highest BCUT2D eigenvalue weighted by atomic mass is 16.5. The van der Waals surface area contributed by atoms with Crippen molar-refractivity contribution in [3.63, 3.8) is 0 Å². The first kappa shape index (κ1) is 34.5. The Hall–Kier alpha value is -3.96. The molecule has 0 aromatic heterocycles. The minimum absolute atomic E-state index is 0.0612. The molecule has 4 N–H and O–H groups in total. The van der Waals surface area contributed by atoms with Gasteiger partial charge in [0, 0.05) is 39.0 Å². The van der Waals surface area contributed by atoms with Gasteiger partial charge in [0.1, 0.15) is 11.8 Å². The lowest BCUT2D eigenvalue weighted by molar-refractivity contribution is -0.142. The molecule has 1 aliphatic heterocycles. The van der Waals surface area contributed by atoms with Gasteiger partial charge in [0.15, 0.2) is 0 Å². The van der Waals surface area contributed by atoms with E-state index in [2.05, 4.69) is 20.7 Å². The maximum absolute atomic E-state index is 13.6. The molecule has 0 aliphatic carbocycles. The SMILES string of the molecule is COC(=O)CCC(=O)N[C@H](CCC(=O)N1CCCCC1)C(=O)N[C@@H](Cc1ccccc1)[C@H](O)CNCc1cccc(OC)c1. The molecular formula is C33H46N4O7. The molecular weight excluding hydrogens is 564 g/mol. The molecule has 0 spiro atoms. The number of piperidine rings is 1. The van der Waals surface area contributed by atoms with Gasteiger partial charge in [-0.15, -0.1) is 0 Å². The number of carbonyl (C=O) groups excluding carboxylic acids is 4. The minimum atomic E-state index is -1.02. The zero-order chi connectivity index (χ0) is 31.7. The summed E-state index contributed by atoms with van der Waals surface area (Å²) in [6, 6.07) is 15.4. The number of ether oxygens (including phenoxy) is 2. The third-order valence-corrected chi connectivity index (χ3v) is 7.70. The summed E-state index contributed by atoms with van der Waals surface area (Å²) in [7, 11) is 2.85. The molecule has 3 amide bonds. The number of methoxy groups -OCH3 is 2. The molecule has 44 heavy (non-hydrogen) atoms. The molecule has 1 saturated heterocycles. The van der Waals surface area contributed by atoms with Crippen LogP contribution in [-0.4, -0.2) is 85.7 Å². The molecule has 1 aliphatic rings. The van der Waals surface area contributed by atoms with E-state index in [9.17, 15) is 24.3 Å². The Bertz CT molecular complexity index is 1200. The van der Waals surface area contributed by atoms with E-state index in [1.54, 1.807) is 12.0 Å². The number of nitrogens with one attached hydrogen (secondary N) is 3. The zero-order valence-corrected chi connectivity index (χ0v) is 25.8. The number of benzene rings is 2. The molecule has 0 radical (unpaired) electrons. The van der Waals surface area contributed by atoms with Crippen molar-refractivity contribution < 1.29 is 33.8 Å². The fraction of sp³-hybridized carbons (Fsp3) is 0.515. The van der Waals surface area contributed by atoms with Gasteiger partial charge in [-0.3, -0.25) is 19.2 Å². The topological polar surface area (TPSA) is 146 Å². The highest BCUT2D eigenvalue weighted by Crippen LogP contribution is 2.14. The third kappa shape index (κ3) is 12.0. The fourth-order valence-electron chi connectivity index (χ4n) is 5.15. The van der Waals surface area contributed by atoms with Crippen molar-refractivity contribution >= 4 is 23.7 Å². The summed E-state index contributed by atoms with van der Waals surface area (Å²) < 4.78 is 9.90. The molecule has 3 rings (SSSR count). The van der Waals surface area contributed by atoms with E-state index < -0.39 is 36.0 Å². The number of hydrogen-bond acceptors (Lipinski definition) is 8. The number of nitrogens with zero attached hydrogens (tertiary/aromatic N) is 1. The summed E-state index contributed by atoms with van der Waals surface area (Å²) in [6.07, 6.45) is 2.27. The third-order valence-electron chi connectivity index (χ3n) is 7.70. The van der Waals surface area contributed by atoms with Gasteiger partial charge in [-0.2, -0.15) is 0 Å². The van der Waals surface area contributed by atoms with Crippen LogP contribution >= 0.6 is 0 Å². The van der Waals surface area contributed by atoms with Crippen molar-refractivity contribution in [2.75, 3.05) is 33.9 Å². The number of carbonyl (C=O) groups is 4. The maximum atomic E-state index is 13.6. The van der Waals surface area contributed by atoms with E-state index in [-0.39, 0.29) is 38.1 Å². The Labute approximate surface area is 259 Å². The number of likely N-dealkylation sites (tertiary alicyclic amines) is 1. The molecule has 11 heteroatoms. The second kappa shape index (κ2) is 18.6. The molecule has 0 saturated carbocycles. The smallest absolute Gasteiger partial charge is 0.306 e. The molecule has 0 bridgehead atoms. The molecule has 1 fully saturated rings.